The van der Waals surface area contributed by atoms with Crippen LogP contribution in [-0.2, 0) is 11.2 Å². The summed E-state index contributed by atoms with van der Waals surface area (Å²) < 4.78 is 11.6. The van der Waals surface area contributed by atoms with Gasteiger partial charge in [0.1, 0.15) is 17.8 Å². The summed E-state index contributed by atoms with van der Waals surface area (Å²) in [6.07, 6.45) is 4.66. The summed E-state index contributed by atoms with van der Waals surface area (Å²) in [6.45, 7) is 3.75. The molecule has 0 amide bonds. The van der Waals surface area contributed by atoms with Gasteiger partial charge in [0.25, 0.3) is 0 Å². The molecule has 1 N–H and O–H groups in total. The van der Waals surface area contributed by atoms with Crippen molar-refractivity contribution >= 4 is 11.5 Å². The third-order valence-electron chi connectivity index (χ3n) is 4.12. The molecule has 0 saturated heterocycles. The van der Waals surface area contributed by atoms with Gasteiger partial charge in [-0.05, 0) is 31.0 Å². The molecule has 1 heterocycles. The number of para-hydroxylation sites is 2. The van der Waals surface area contributed by atoms with E-state index in [1.807, 2.05) is 24.3 Å². The quantitative estimate of drug-likeness (QED) is 0.546. The summed E-state index contributed by atoms with van der Waals surface area (Å²) in [5.41, 5.74) is 1.61. The number of rotatable bonds is 8. The highest BCUT2D eigenvalue weighted by atomic mass is 16.5. The molecule has 0 aliphatic rings. The maximum atomic E-state index is 11.5. The molecule has 0 saturated carbocycles. The number of aryl methyl sites for hydroxylation is 1. The van der Waals surface area contributed by atoms with Gasteiger partial charge in [0.15, 0.2) is 0 Å². The predicted octanol–water partition coefficient (Wildman–Crippen LogP) is 4.90. The van der Waals surface area contributed by atoms with Gasteiger partial charge in [-0.25, -0.2) is 4.79 Å². The SMILES string of the molecule is C/C=C(/C(=O)O)c1ccccc1Oc1ncnc(Oc2ccccc2CCC)n1. The molecular weight excluding hydrogens is 370 g/mol. The fraction of sp³-hybridized carbons (Fsp3) is 0.182. The number of hydrogen-bond acceptors (Lipinski definition) is 6. The number of aromatic nitrogens is 3. The highest BCUT2D eigenvalue weighted by Gasteiger charge is 2.16. The molecule has 3 rings (SSSR count). The molecule has 7 nitrogen and oxygen atoms in total. The van der Waals surface area contributed by atoms with Crippen molar-refractivity contribution in [3.63, 3.8) is 0 Å². The van der Waals surface area contributed by atoms with Crippen molar-refractivity contribution in [2.24, 2.45) is 0 Å². The lowest BCUT2D eigenvalue weighted by Crippen LogP contribution is -2.03. The predicted molar refractivity (Wildman–Crippen MR) is 108 cm³/mol. The molecule has 0 bridgehead atoms. The van der Waals surface area contributed by atoms with Crippen LogP contribution in [0.1, 0.15) is 31.4 Å². The Labute approximate surface area is 168 Å². The van der Waals surface area contributed by atoms with E-state index in [4.69, 9.17) is 9.47 Å². The number of aliphatic carboxylic acids is 1. The molecular formula is C22H21N3O4. The molecule has 2 aromatic carbocycles. The van der Waals surface area contributed by atoms with Crippen LogP contribution in [0.2, 0.25) is 0 Å². The van der Waals surface area contributed by atoms with E-state index in [1.54, 1.807) is 31.2 Å². The smallest absolute Gasteiger partial charge is 0.336 e. The van der Waals surface area contributed by atoms with Crippen LogP contribution in [0.15, 0.2) is 60.9 Å². The Balaban J connectivity index is 1.86. The molecule has 0 fully saturated rings. The van der Waals surface area contributed by atoms with E-state index in [1.165, 1.54) is 12.4 Å². The van der Waals surface area contributed by atoms with E-state index < -0.39 is 5.97 Å². The number of carbonyl (C=O) groups is 1. The van der Waals surface area contributed by atoms with E-state index in [-0.39, 0.29) is 17.6 Å². The van der Waals surface area contributed by atoms with Gasteiger partial charge < -0.3 is 14.6 Å². The van der Waals surface area contributed by atoms with Gasteiger partial charge in [-0.2, -0.15) is 9.97 Å². The number of carboxylic acids is 1. The van der Waals surface area contributed by atoms with E-state index in [0.717, 1.165) is 18.4 Å². The Bertz CT molecular complexity index is 1030. The largest absolute Gasteiger partial charge is 0.478 e. The van der Waals surface area contributed by atoms with Crippen molar-refractivity contribution in [3.05, 3.63) is 72.1 Å². The van der Waals surface area contributed by atoms with E-state index in [0.29, 0.717) is 17.1 Å². The Morgan fingerprint density at radius 3 is 2.28 bits per heavy atom. The standard InChI is InChI=1S/C22H21N3O4/c1-3-9-15-10-5-7-12-18(15)28-21-23-14-24-22(25-21)29-19-13-8-6-11-17(19)16(4-2)20(26)27/h4-8,10-14H,3,9H2,1-2H3,(H,26,27)/b16-4+. The maximum absolute atomic E-state index is 11.5. The number of carboxylic acid groups (broad SMARTS) is 1. The van der Waals surface area contributed by atoms with Crippen LogP contribution in [0.4, 0.5) is 0 Å². The fourth-order valence-electron chi connectivity index (χ4n) is 2.81. The molecule has 0 aliphatic carbocycles. The minimum Gasteiger partial charge on any atom is -0.478 e. The lowest BCUT2D eigenvalue weighted by atomic mass is 10.1. The summed E-state index contributed by atoms with van der Waals surface area (Å²) in [7, 11) is 0. The van der Waals surface area contributed by atoms with Crippen LogP contribution in [0.5, 0.6) is 23.5 Å². The Morgan fingerprint density at radius 1 is 1.00 bits per heavy atom. The summed E-state index contributed by atoms with van der Waals surface area (Å²) in [5.74, 6) is -0.0451. The summed E-state index contributed by atoms with van der Waals surface area (Å²) in [5, 5.41) is 9.41. The van der Waals surface area contributed by atoms with Gasteiger partial charge in [-0.1, -0.05) is 55.8 Å². The van der Waals surface area contributed by atoms with E-state index in [9.17, 15) is 9.90 Å². The van der Waals surface area contributed by atoms with Crippen LogP contribution in [0.25, 0.3) is 5.57 Å². The van der Waals surface area contributed by atoms with Gasteiger partial charge in [-0.3, -0.25) is 0 Å². The summed E-state index contributed by atoms with van der Waals surface area (Å²) in [4.78, 5) is 23.8. The molecule has 0 aliphatic heterocycles. The third-order valence-corrected chi connectivity index (χ3v) is 4.12. The minimum atomic E-state index is -1.05. The van der Waals surface area contributed by atoms with Crippen molar-refractivity contribution in [1.29, 1.82) is 0 Å². The highest BCUT2D eigenvalue weighted by Crippen LogP contribution is 2.30. The van der Waals surface area contributed by atoms with Crippen molar-refractivity contribution in [2.45, 2.75) is 26.7 Å². The number of ether oxygens (including phenoxy) is 2. The monoisotopic (exact) mass is 391 g/mol. The van der Waals surface area contributed by atoms with Crippen LogP contribution in [0.3, 0.4) is 0 Å². The zero-order chi connectivity index (χ0) is 20.6. The molecule has 0 radical (unpaired) electrons. The Kier molecular flexibility index (Phi) is 6.52. The molecule has 1 aromatic heterocycles. The molecule has 148 valence electrons. The molecule has 0 unspecified atom stereocenters. The molecule has 0 atom stereocenters. The summed E-state index contributed by atoms with van der Waals surface area (Å²) >= 11 is 0. The minimum absolute atomic E-state index is 0.0104. The second-order valence-electron chi connectivity index (χ2n) is 6.12. The van der Waals surface area contributed by atoms with Crippen LogP contribution < -0.4 is 9.47 Å². The number of hydrogen-bond donors (Lipinski definition) is 1. The first-order chi connectivity index (χ1) is 14.1. The number of allylic oxidation sites excluding steroid dienone is 1. The molecule has 0 spiro atoms. The normalized spacial score (nSPS) is 11.2. The van der Waals surface area contributed by atoms with Gasteiger partial charge in [-0.15, -0.1) is 4.98 Å². The Hall–Kier alpha value is -3.74. The highest BCUT2D eigenvalue weighted by molar-refractivity contribution is 6.16. The maximum Gasteiger partial charge on any atom is 0.336 e. The summed E-state index contributed by atoms with van der Waals surface area (Å²) in [6, 6.07) is 14.6. The molecule has 3 aromatic rings. The van der Waals surface area contributed by atoms with Crippen LogP contribution in [-0.4, -0.2) is 26.0 Å². The van der Waals surface area contributed by atoms with Gasteiger partial charge in [0.05, 0.1) is 5.57 Å². The topological polar surface area (TPSA) is 94.4 Å². The third kappa shape index (κ3) is 4.95. The molecule has 7 heteroatoms. The van der Waals surface area contributed by atoms with Gasteiger partial charge in [0.2, 0.25) is 0 Å². The zero-order valence-electron chi connectivity index (χ0n) is 16.2. The van der Waals surface area contributed by atoms with Crippen molar-refractivity contribution in [1.82, 2.24) is 15.0 Å². The second kappa shape index (κ2) is 9.45. The first-order valence-corrected chi connectivity index (χ1v) is 9.24. The van der Waals surface area contributed by atoms with Crippen LogP contribution in [0, 0.1) is 0 Å². The average molecular weight is 391 g/mol. The van der Waals surface area contributed by atoms with Gasteiger partial charge in [0, 0.05) is 5.56 Å². The second-order valence-corrected chi connectivity index (χ2v) is 6.12. The van der Waals surface area contributed by atoms with Crippen molar-refractivity contribution in [3.8, 4) is 23.5 Å². The van der Waals surface area contributed by atoms with E-state index >= 15 is 0 Å². The van der Waals surface area contributed by atoms with Gasteiger partial charge >= 0.3 is 18.0 Å². The lowest BCUT2D eigenvalue weighted by Gasteiger charge is -2.11. The zero-order valence-corrected chi connectivity index (χ0v) is 16.2. The van der Waals surface area contributed by atoms with Crippen LogP contribution >= 0.6 is 0 Å². The lowest BCUT2D eigenvalue weighted by molar-refractivity contribution is -0.130. The molecule has 29 heavy (non-hydrogen) atoms. The average Bonchev–Trinajstić information content (AvgIpc) is 2.71. The number of benzene rings is 2. The number of nitrogens with zero attached hydrogens (tertiary/aromatic N) is 3. The van der Waals surface area contributed by atoms with E-state index in [2.05, 4.69) is 21.9 Å². The first kappa shape index (κ1) is 20.0. The van der Waals surface area contributed by atoms with Crippen molar-refractivity contribution in [2.75, 3.05) is 0 Å². The first-order valence-electron chi connectivity index (χ1n) is 9.24. The fourth-order valence-corrected chi connectivity index (χ4v) is 2.81. The van der Waals surface area contributed by atoms with Crippen molar-refractivity contribution < 1.29 is 19.4 Å². The Morgan fingerprint density at radius 2 is 1.62 bits per heavy atom.